The maximum absolute atomic E-state index is 14.0. The molecule has 1 heterocycles. The van der Waals surface area contributed by atoms with Gasteiger partial charge in [0.15, 0.2) is 0 Å². The zero-order valence-electron chi connectivity index (χ0n) is 14.6. The molecule has 1 aliphatic rings. The van der Waals surface area contributed by atoms with Crippen molar-refractivity contribution < 1.29 is 18.7 Å². The fraction of sp³-hybridized carbons (Fsp3) is 0.263. The van der Waals surface area contributed by atoms with Crippen molar-refractivity contribution in [2.75, 3.05) is 7.11 Å². The monoisotopic (exact) mass is 376 g/mol. The molecule has 3 amide bonds. The number of rotatable bonds is 4. The number of carbonyl (C=O) groups is 2. The maximum atomic E-state index is 14.0. The van der Waals surface area contributed by atoms with Gasteiger partial charge in [-0.2, -0.15) is 0 Å². The number of hydrogen-bond donors (Lipinski definition) is 1. The second-order valence-electron chi connectivity index (χ2n) is 6.37. The van der Waals surface area contributed by atoms with Crippen molar-refractivity contribution in [2.24, 2.45) is 0 Å². The molecule has 26 heavy (non-hydrogen) atoms. The smallest absolute Gasteiger partial charge is 0.325 e. The van der Waals surface area contributed by atoms with E-state index in [2.05, 4.69) is 5.32 Å². The molecule has 0 aromatic heterocycles. The highest BCUT2D eigenvalue weighted by atomic mass is 35.5. The van der Waals surface area contributed by atoms with Gasteiger partial charge in [-0.1, -0.05) is 23.7 Å². The van der Waals surface area contributed by atoms with E-state index in [0.717, 1.165) is 16.5 Å². The fourth-order valence-electron chi connectivity index (χ4n) is 3.05. The second kappa shape index (κ2) is 6.61. The molecule has 2 aromatic carbocycles. The first-order chi connectivity index (χ1) is 12.3. The molecule has 1 atom stereocenters. The largest absolute Gasteiger partial charge is 0.496 e. The Labute approximate surface area is 155 Å². The normalized spacial score (nSPS) is 19.7. The van der Waals surface area contributed by atoms with Crippen molar-refractivity contribution >= 4 is 23.5 Å². The van der Waals surface area contributed by atoms with Gasteiger partial charge in [-0.25, -0.2) is 9.18 Å². The lowest BCUT2D eigenvalue weighted by atomic mass is 9.90. The number of methoxy groups -OCH3 is 1. The van der Waals surface area contributed by atoms with Crippen molar-refractivity contribution in [1.29, 1.82) is 0 Å². The predicted octanol–water partition coefficient (Wildman–Crippen LogP) is 3.76. The quantitative estimate of drug-likeness (QED) is 0.826. The first-order valence-electron chi connectivity index (χ1n) is 7.99. The zero-order chi connectivity index (χ0) is 19.1. The number of amides is 3. The number of urea groups is 1. The fourth-order valence-corrected chi connectivity index (χ4v) is 3.20. The van der Waals surface area contributed by atoms with Crippen LogP contribution < -0.4 is 10.1 Å². The second-order valence-corrected chi connectivity index (χ2v) is 6.80. The van der Waals surface area contributed by atoms with Crippen molar-refractivity contribution in [3.05, 3.63) is 63.9 Å². The van der Waals surface area contributed by atoms with E-state index in [1.165, 1.54) is 12.1 Å². The van der Waals surface area contributed by atoms with Crippen LogP contribution in [0.5, 0.6) is 5.75 Å². The van der Waals surface area contributed by atoms with Gasteiger partial charge in [0.2, 0.25) is 0 Å². The van der Waals surface area contributed by atoms with Gasteiger partial charge in [0.1, 0.15) is 17.1 Å². The number of ether oxygens (including phenoxy) is 1. The molecule has 0 saturated carbocycles. The lowest BCUT2D eigenvalue weighted by molar-refractivity contribution is -0.131. The van der Waals surface area contributed by atoms with Gasteiger partial charge < -0.3 is 10.1 Å². The summed E-state index contributed by atoms with van der Waals surface area (Å²) in [5.74, 6) is -0.317. The number of carbonyl (C=O) groups excluding carboxylic acids is 2. The summed E-state index contributed by atoms with van der Waals surface area (Å²) >= 11 is 5.75. The molecule has 0 radical (unpaired) electrons. The Hall–Kier alpha value is -2.60. The van der Waals surface area contributed by atoms with Gasteiger partial charge >= 0.3 is 6.03 Å². The third-order valence-corrected chi connectivity index (χ3v) is 4.83. The first kappa shape index (κ1) is 18.2. The minimum atomic E-state index is -1.23. The molecule has 1 N–H and O–H groups in total. The molecule has 7 heteroatoms. The molecular formula is C19H18ClFN2O3. The third-order valence-electron chi connectivity index (χ3n) is 4.59. The highest BCUT2D eigenvalue weighted by Crippen LogP contribution is 2.32. The van der Waals surface area contributed by atoms with E-state index < -0.39 is 23.3 Å². The molecule has 1 aliphatic heterocycles. The van der Waals surface area contributed by atoms with Gasteiger partial charge in [0.25, 0.3) is 5.91 Å². The molecule has 2 aromatic rings. The van der Waals surface area contributed by atoms with Crippen LogP contribution in [-0.4, -0.2) is 23.9 Å². The molecule has 5 nitrogen and oxygen atoms in total. The number of imide groups is 1. The molecule has 1 saturated heterocycles. The van der Waals surface area contributed by atoms with E-state index in [4.69, 9.17) is 16.3 Å². The zero-order valence-corrected chi connectivity index (χ0v) is 15.4. The summed E-state index contributed by atoms with van der Waals surface area (Å²) in [5.41, 5.74) is 0.466. The molecule has 1 fully saturated rings. The Morgan fingerprint density at radius 3 is 2.58 bits per heavy atom. The van der Waals surface area contributed by atoms with Gasteiger partial charge in [-0.15, -0.1) is 0 Å². The molecule has 0 bridgehead atoms. The van der Waals surface area contributed by atoms with Crippen LogP contribution in [0.3, 0.4) is 0 Å². The van der Waals surface area contributed by atoms with Crippen LogP contribution in [0.25, 0.3) is 0 Å². The van der Waals surface area contributed by atoms with E-state index >= 15 is 0 Å². The van der Waals surface area contributed by atoms with Crippen LogP contribution >= 0.6 is 11.6 Å². The van der Waals surface area contributed by atoms with E-state index in [9.17, 15) is 14.0 Å². The number of benzene rings is 2. The Balaban J connectivity index is 1.91. The lowest BCUT2D eigenvalue weighted by Gasteiger charge is -2.23. The summed E-state index contributed by atoms with van der Waals surface area (Å²) in [6.07, 6.45) is 0. The lowest BCUT2D eigenvalue weighted by Crippen LogP contribution is -2.40. The summed E-state index contributed by atoms with van der Waals surface area (Å²) in [7, 11) is 1.56. The Morgan fingerprint density at radius 2 is 1.96 bits per heavy atom. The average molecular weight is 377 g/mol. The van der Waals surface area contributed by atoms with Gasteiger partial charge in [-0.3, -0.25) is 9.69 Å². The van der Waals surface area contributed by atoms with E-state index in [0.29, 0.717) is 11.3 Å². The summed E-state index contributed by atoms with van der Waals surface area (Å²) in [6.45, 7) is 3.32. The SMILES string of the molecule is COc1ccc(C2(C)NC(=O)N(Cc3ccc(Cl)cc3F)C2=O)cc1C. The highest BCUT2D eigenvalue weighted by Gasteiger charge is 2.49. The molecule has 0 aliphatic carbocycles. The highest BCUT2D eigenvalue weighted by molar-refractivity contribution is 6.30. The van der Waals surface area contributed by atoms with Crippen LogP contribution in [0, 0.1) is 12.7 Å². The van der Waals surface area contributed by atoms with Crippen LogP contribution in [0.2, 0.25) is 5.02 Å². The van der Waals surface area contributed by atoms with Gasteiger partial charge in [0.05, 0.1) is 13.7 Å². The minimum Gasteiger partial charge on any atom is -0.496 e. The summed E-state index contributed by atoms with van der Waals surface area (Å²) in [4.78, 5) is 26.3. The number of nitrogens with one attached hydrogen (secondary N) is 1. The molecule has 1 unspecified atom stereocenters. The van der Waals surface area contributed by atoms with Crippen molar-refractivity contribution in [3.63, 3.8) is 0 Å². The van der Waals surface area contributed by atoms with E-state index in [1.54, 1.807) is 32.2 Å². The van der Waals surface area contributed by atoms with Crippen molar-refractivity contribution in [2.45, 2.75) is 25.9 Å². The molecular weight excluding hydrogens is 359 g/mol. The topological polar surface area (TPSA) is 58.6 Å². The summed E-state index contributed by atoms with van der Waals surface area (Å²) < 4.78 is 19.3. The first-order valence-corrected chi connectivity index (χ1v) is 8.37. The number of nitrogens with zero attached hydrogens (tertiary/aromatic N) is 1. The predicted molar refractivity (Wildman–Crippen MR) is 95.6 cm³/mol. The van der Waals surface area contributed by atoms with E-state index in [1.807, 2.05) is 6.92 Å². The van der Waals surface area contributed by atoms with Gasteiger partial charge in [-0.05, 0) is 49.2 Å². The number of aryl methyl sites for hydroxylation is 1. The standard InChI is InChI=1S/C19H18ClFN2O3/c1-11-8-13(5-7-16(11)26-3)19(2)17(24)23(18(25)22-19)10-12-4-6-14(20)9-15(12)21/h4-9H,10H2,1-3H3,(H,22,25). The minimum absolute atomic E-state index is 0.168. The van der Waals surface area contributed by atoms with Crippen LogP contribution in [0.1, 0.15) is 23.6 Å². The Kier molecular flexibility index (Phi) is 4.63. The van der Waals surface area contributed by atoms with Crippen LogP contribution in [0.15, 0.2) is 36.4 Å². The third kappa shape index (κ3) is 3.01. The molecule has 0 spiro atoms. The average Bonchev–Trinajstić information content (AvgIpc) is 2.81. The molecule has 136 valence electrons. The van der Waals surface area contributed by atoms with Crippen molar-refractivity contribution in [3.8, 4) is 5.75 Å². The van der Waals surface area contributed by atoms with Crippen LogP contribution in [0.4, 0.5) is 9.18 Å². The van der Waals surface area contributed by atoms with E-state index in [-0.39, 0.29) is 17.1 Å². The molecule has 3 rings (SSSR count). The van der Waals surface area contributed by atoms with Crippen LogP contribution in [-0.2, 0) is 16.9 Å². The Morgan fingerprint density at radius 1 is 1.23 bits per heavy atom. The van der Waals surface area contributed by atoms with Crippen molar-refractivity contribution in [1.82, 2.24) is 10.2 Å². The summed E-state index contributed by atoms with van der Waals surface area (Å²) in [6, 6.07) is 8.84. The Bertz CT molecular complexity index is 902. The number of halogens is 2. The summed E-state index contributed by atoms with van der Waals surface area (Å²) in [5, 5.41) is 2.96. The van der Waals surface area contributed by atoms with Gasteiger partial charge in [0, 0.05) is 10.6 Å². The maximum Gasteiger partial charge on any atom is 0.325 e. The number of hydrogen-bond acceptors (Lipinski definition) is 3.